The first kappa shape index (κ1) is 9.75. The van der Waals surface area contributed by atoms with Crippen molar-refractivity contribution < 1.29 is 9.53 Å². The largest absolute Gasteiger partial charge is 0.438 e. The first-order valence-corrected chi connectivity index (χ1v) is 3.44. The lowest BCUT2D eigenvalue weighted by molar-refractivity contribution is 0.137. The summed E-state index contributed by atoms with van der Waals surface area (Å²) >= 11 is 0. The van der Waals surface area contributed by atoms with Gasteiger partial charge in [0, 0.05) is 6.54 Å². The topological polar surface area (TPSA) is 38.3 Å². The summed E-state index contributed by atoms with van der Waals surface area (Å²) in [5, 5.41) is 2.49. The van der Waals surface area contributed by atoms with E-state index in [4.69, 9.17) is 4.74 Å². The Morgan fingerprint density at radius 1 is 1.64 bits per heavy atom. The molecule has 0 heterocycles. The van der Waals surface area contributed by atoms with Crippen LogP contribution in [-0.2, 0) is 4.74 Å². The van der Waals surface area contributed by atoms with Crippen LogP contribution in [0.4, 0.5) is 4.79 Å². The van der Waals surface area contributed by atoms with Gasteiger partial charge in [-0.2, -0.15) is 0 Å². The van der Waals surface area contributed by atoms with Crippen LogP contribution in [0.15, 0.2) is 25.3 Å². The van der Waals surface area contributed by atoms with Crippen LogP contribution in [0, 0.1) is 0 Å². The highest BCUT2D eigenvalue weighted by atomic mass is 16.6. The highest BCUT2D eigenvalue weighted by Crippen LogP contribution is 1.93. The van der Waals surface area contributed by atoms with Crippen molar-refractivity contribution in [3.63, 3.8) is 0 Å². The predicted octanol–water partition coefficient (Wildman–Crippen LogP) is 1.47. The molecule has 0 spiro atoms. The molecule has 0 rings (SSSR count). The average Bonchev–Trinajstić information content (AvgIpc) is 2.01. The van der Waals surface area contributed by atoms with Crippen molar-refractivity contribution in [2.75, 3.05) is 6.54 Å². The quantitative estimate of drug-likeness (QED) is 0.624. The summed E-state index contributed by atoms with van der Waals surface area (Å²) in [4.78, 5) is 10.7. The van der Waals surface area contributed by atoms with Crippen molar-refractivity contribution in [2.24, 2.45) is 0 Å². The van der Waals surface area contributed by atoms with Gasteiger partial charge in [0.25, 0.3) is 0 Å². The van der Waals surface area contributed by atoms with Gasteiger partial charge in [-0.1, -0.05) is 13.2 Å². The van der Waals surface area contributed by atoms with Gasteiger partial charge in [0.2, 0.25) is 0 Å². The van der Waals surface area contributed by atoms with E-state index in [0.717, 1.165) is 0 Å². The fraction of sp³-hybridized carbons (Fsp3) is 0.375. The van der Waals surface area contributed by atoms with Gasteiger partial charge < -0.3 is 10.1 Å². The SMILES string of the molecule is C=CC(C=C)OC(=O)NCC. The maximum atomic E-state index is 10.7. The molecule has 1 N–H and O–H groups in total. The standard InChI is InChI=1S/C8H13NO2/c1-4-7(5-2)11-8(10)9-6-3/h4-5,7H,1-2,6H2,3H3,(H,9,10). The molecule has 0 atom stereocenters. The highest BCUT2D eigenvalue weighted by Gasteiger charge is 2.04. The Labute approximate surface area is 66.7 Å². The lowest BCUT2D eigenvalue weighted by atomic mass is 10.3. The fourth-order valence-electron chi connectivity index (χ4n) is 0.502. The minimum atomic E-state index is -0.447. The van der Waals surface area contributed by atoms with Gasteiger partial charge in [0.05, 0.1) is 0 Å². The maximum absolute atomic E-state index is 10.7. The number of carbonyl (C=O) groups excluding carboxylic acids is 1. The Bertz CT molecular complexity index is 146. The molecule has 0 unspecified atom stereocenters. The number of hydrogen-bond acceptors (Lipinski definition) is 2. The first-order valence-electron chi connectivity index (χ1n) is 3.44. The van der Waals surface area contributed by atoms with E-state index < -0.39 is 12.2 Å². The van der Waals surface area contributed by atoms with E-state index in [2.05, 4.69) is 18.5 Å². The normalized spacial score (nSPS) is 8.91. The Kier molecular flexibility index (Phi) is 4.90. The second-order valence-corrected chi connectivity index (χ2v) is 1.87. The highest BCUT2D eigenvalue weighted by molar-refractivity contribution is 5.67. The van der Waals surface area contributed by atoms with Crippen molar-refractivity contribution in [2.45, 2.75) is 13.0 Å². The lowest BCUT2D eigenvalue weighted by Crippen LogP contribution is -2.26. The Balaban J connectivity index is 3.71. The van der Waals surface area contributed by atoms with E-state index in [-0.39, 0.29) is 0 Å². The molecule has 0 aromatic carbocycles. The zero-order valence-corrected chi connectivity index (χ0v) is 6.67. The Hall–Kier alpha value is -1.25. The third-order valence-electron chi connectivity index (χ3n) is 1.03. The molecule has 0 aliphatic rings. The molecular formula is C8H13NO2. The molecule has 62 valence electrons. The number of rotatable bonds is 4. The number of carbonyl (C=O) groups is 1. The van der Waals surface area contributed by atoms with Gasteiger partial charge in [-0.05, 0) is 19.1 Å². The summed E-state index contributed by atoms with van der Waals surface area (Å²) in [5.74, 6) is 0. The molecule has 1 amide bonds. The van der Waals surface area contributed by atoms with Gasteiger partial charge in [0.1, 0.15) is 6.10 Å². The van der Waals surface area contributed by atoms with Gasteiger partial charge in [-0.3, -0.25) is 0 Å². The van der Waals surface area contributed by atoms with Crippen LogP contribution in [0.3, 0.4) is 0 Å². The smallest absolute Gasteiger partial charge is 0.408 e. The minimum absolute atomic E-state index is 0.401. The molecule has 0 bridgehead atoms. The molecular weight excluding hydrogens is 142 g/mol. The van der Waals surface area contributed by atoms with E-state index >= 15 is 0 Å². The number of ether oxygens (including phenoxy) is 1. The van der Waals surface area contributed by atoms with E-state index in [1.54, 1.807) is 0 Å². The van der Waals surface area contributed by atoms with E-state index in [1.807, 2.05) is 6.92 Å². The van der Waals surface area contributed by atoms with Gasteiger partial charge in [0.15, 0.2) is 0 Å². The third-order valence-corrected chi connectivity index (χ3v) is 1.03. The van der Waals surface area contributed by atoms with Gasteiger partial charge >= 0.3 is 6.09 Å². The van der Waals surface area contributed by atoms with Crippen molar-refractivity contribution in [1.29, 1.82) is 0 Å². The second kappa shape index (κ2) is 5.53. The predicted molar refractivity (Wildman–Crippen MR) is 44.3 cm³/mol. The molecule has 0 aliphatic heterocycles. The molecule has 3 heteroatoms. The molecule has 0 saturated heterocycles. The van der Waals surface area contributed by atoms with E-state index in [1.165, 1.54) is 12.2 Å². The molecule has 11 heavy (non-hydrogen) atoms. The molecule has 0 radical (unpaired) electrons. The molecule has 0 saturated carbocycles. The Morgan fingerprint density at radius 2 is 2.18 bits per heavy atom. The number of amides is 1. The molecule has 3 nitrogen and oxygen atoms in total. The van der Waals surface area contributed by atoms with Crippen molar-refractivity contribution >= 4 is 6.09 Å². The number of hydrogen-bond donors (Lipinski definition) is 1. The van der Waals surface area contributed by atoms with Crippen molar-refractivity contribution in [3.05, 3.63) is 25.3 Å². The summed E-state index contributed by atoms with van der Waals surface area (Å²) in [5.41, 5.74) is 0. The van der Waals surface area contributed by atoms with E-state index in [9.17, 15) is 4.79 Å². The molecule has 0 aromatic rings. The zero-order valence-electron chi connectivity index (χ0n) is 6.67. The van der Waals surface area contributed by atoms with Crippen LogP contribution in [0.2, 0.25) is 0 Å². The summed E-state index contributed by atoms with van der Waals surface area (Å²) in [6, 6.07) is 0. The van der Waals surface area contributed by atoms with Gasteiger partial charge in [-0.25, -0.2) is 4.79 Å². The first-order chi connectivity index (χ1) is 5.24. The molecule has 0 aromatic heterocycles. The fourth-order valence-corrected chi connectivity index (χ4v) is 0.502. The summed E-state index contributed by atoms with van der Waals surface area (Å²) < 4.78 is 4.80. The summed E-state index contributed by atoms with van der Waals surface area (Å²) in [6.07, 6.45) is 2.16. The van der Waals surface area contributed by atoms with Crippen LogP contribution in [-0.4, -0.2) is 18.7 Å². The van der Waals surface area contributed by atoms with Crippen LogP contribution in [0.1, 0.15) is 6.92 Å². The number of alkyl carbamates (subject to hydrolysis) is 1. The van der Waals surface area contributed by atoms with Crippen LogP contribution in [0.25, 0.3) is 0 Å². The van der Waals surface area contributed by atoms with Crippen LogP contribution in [0.5, 0.6) is 0 Å². The van der Waals surface area contributed by atoms with Crippen LogP contribution < -0.4 is 5.32 Å². The second-order valence-electron chi connectivity index (χ2n) is 1.87. The van der Waals surface area contributed by atoms with Crippen molar-refractivity contribution in [1.82, 2.24) is 5.32 Å². The number of nitrogens with one attached hydrogen (secondary N) is 1. The lowest BCUT2D eigenvalue weighted by Gasteiger charge is -2.08. The van der Waals surface area contributed by atoms with Crippen LogP contribution >= 0.6 is 0 Å². The zero-order chi connectivity index (χ0) is 8.69. The van der Waals surface area contributed by atoms with Crippen molar-refractivity contribution in [3.8, 4) is 0 Å². The minimum Gasteiger partial charge on any atom is -0.438 e. The van der Waals surface area contributed by atoms with E-state index in [0.29, 0.717) is 6.54 Å². The summed E-state index contributed by atoms with van der Waals surface area (Å²) in [7, 11) is 0. The van der Waals surface area contributed by atoms with Gasteiger partial charge in [-0.15, -0.1) is 0 Å². The molecule has 0 aliphatic carbocycles. The molecule has 0 fully saturated rings. The average molecular weight is 155 g/mol. The maximum Gasteiger partial charge on any atom is 0.408 e. The monoisotopic (exact) mass is 155 g/mol. The summed E-state index contributed by atoms with van der Waals surface area (Å²) in [6.45, 7) is 9.31. The third kappa shape index (κ3) is 4.19. The Morgan fingerprint density at radius 3 is 2.55 bits per heavy atom.